The number of nitrogens with one attached hydrogen (secondary N) is 2. The highest BCUT2D eigenvalue weighted by Gasteiger charge is 2.13. The SMILES string of the molecule is Cc1cc(F)c(Br)c(C)c1C=NNc1nc(-c2ccccc2)c(C#N)c(=O)[nH]1. The normalized spacial score (nSPS) is 10.8. The van der Waals surface area contributed by atoms with Crippen LogP contribution in [0.1, 0.15) is 22.3 Å². The molecule has 6 nitrogen and oxygen atoms in total. The van der Waals surface area contributed by atoms with Gasteiger partial charge in [-0.3, -0.25) is 9.78 Å². The van der Waals surface area contributed by atoms with Crippen LogP contribution < -0.4 is 11.0 Å². The minimum Gasteiger partial charge on any atom is -0.290 e. The first-order valence-corrected chi connectivity index (χ1v) is 9.05. The van der Waals surface area contributed by atoms with Crippen molar-refractivity contribution in [2.75, 3.05) is 5.43 Å². The maximum Gasteiger partial charge on any atom is 0.270 e. The molecule has 2 N–H and O–H groups in total. The van der Waals surface area contributed by atoms with Crippen molar-refractivity contribution in [1.29, 1.82) is 5.26 Å². The molecule has 3 aromatic rings. The van der Waals surface area contributed by atoms with Crippen LogP contribution in [0, 0.1) is 31.0 Å². The highest BCUT2D eigenvalue weighted by molar-refractivity contribution is 9.10. The zero-order valence-electron chi connectivity index (χ0n) is 15.0. The van der Waals surface area contributed by atoms with Gasteiger partial charge in [-0.1, -0.05) is 30.3 Å². The second-order valence-corrected chi connectivity index (χ2v) is 6.81. The number of nitriles is 1. The molecule has 0 saturated carbocycles. The summed E-state index contributed by atoms with van der Waals surface area (Å²) in [5.41, 5.74) is 5.10. The van der Waals surface area contributed by atoms with Crippen LogP contribution in [0.25, 0.3) is 11.3 Å². The molecule has 0 unspecified atom stereocenters. The number of halogens is 2. The zero-order valence-corrected chi connectivity index (χ0v) is 16.6. The Balaban J connectivity index is 1.96. The molecule has 0 aliphatic heterocycles. The van der Waals surface area contributed by atoms with Crippen molar-refractivity contribution < 1.29 is 4.39 Å². The molecule has 0 radical (unpaired) electrons. The van der Waals surface area contributed by atoms with Gasteiger partial charge in [0.1, 0.15) is 17.4 Å². The van der Waals surface area contributed by atoms with E-state index in [4.69, 9.17) is 0 Å². The van der Waals surface area contributed by atoms with E-state index in [2.05, 4.69) is 36.4 Å². The molecule has 8 heteroatoms. The molecular formula is C20H15BrFN5O. The number of hydrogen-bond donors (Lipinski definition) is 2. The molecule has 1 aromatic heterocycles. The molecule has 3 rings (SSSR count). The van der Waals surface area contributed by atoms with Gasteiger partial charge < -0.3 is 0 Å². The molecule has 28 heavy (non-hydrogen) atoms. The highest BCUT2D eigenvalue weighted by atomic mass is 79.9. The molecule has 0 spiro atoms. The summed E-state index contributed by atoms with van der Waals surface area (Å²) in [7, 11) is 0. The van der Waals surface area contributed by atoms with Gasteiger partial charge in [-0.05, 0) is 47.0 Å². The minimum atomic E-state index is -0.564. The summed E-state index contributed by atoms with van der Waals surface area (Å²) in [6.07, 6.45) is 1.52. The maximum atomic E-state index is 13.7. The number of aryl methyl sites for hydroxylation is 1. The van der Waals surface area contributed by atoms with Gasteiger partial charge in [-0.15, -0.1) is 0 Å². The number of rotatable bonds is 4. The van der Waals surface area contributed by atoms with Crippen molar-refractivity contribution in [1.82, 2.24) is 9.97 Å². The van der Waals surface area contributed by atoms with E-state index in [1.165, 1.54) is 12.3 Å². The second kappa shape index (κ2) is 8.15. The first-order chi connectivity index (χ1) is 13.4. The molecular weight excluding hydrogens is 425 g/mol. The standard InChI is InChI=1S/C20H15BrFN5O/c1-11-8-16(22)17(21)12(2)15(11)10-24-27-20-25-18(13-6-4-3-5-7-13)14(9-23)19(28)26-20/h3-8,10H,1-2H3,(H2,25,26,27,28). The fourth-order valence-corrected chi connectivity index (χ4v) is 3.04. The third-order valence-electron chi connectivity index (χ3n) is 4.15. The Morgan fingerprint density at radius 1 is 1.32 bits per heavy atom. The van der Waals surface area contributed by atoms with Gasteiger partial charge in [-0.2, -0.15) is 10.4 Å². The van der Waals surface area contributed by atoms with E-state index < -0.39 is 5.56 Å². The Morgan fingerprint density at radius 3 is 2.71 bits per heavy atom. The average molecular weight is 440 g/mol. The number of aromatic amines is 1. The fraction of sp³-hybridized carbons (Fsp3) is 0.100. The number of aromatic nitrogens is 2. The van der Waals surface area contributed by atoms with Crippen molar-refractivity contribution in [3.8, 4) is 17.3 Å². The van der Waals surface area contributed by atoms with Gasteiger partial charge in [-0.25, -0.2) is 14.8 Å². The number of H-pyrrole nitrogens is 1. The number of hydrazone groups is 1. The van der Waals surface area contributed by atoms with Gasteiger partial charge >= 0.3 is 0 Å². The van der Waals surface area contributed by atoms with E-state index in [9.17, 15) is 14.4 Å². The summed E-state index contributed by atoms with van der Waals surface area (Å²) in [6, 6.07) is 12.2. The van der Waals surface area contributed by atoms with Gasteiger partial charge in [0.15, 0.2) is 0 Å². The molecule has 0 saturated heterocycles. The van der Waals surface area contributed by atoms with E-state index in [0.717, 1.165) is 11.1 Å². The summed E-state index contributed by atoms with van der Waals surface area (Å²) in [4.78, 5) is 19.0. The average Bonchev–Trinajstić information content (AvgIpc) is 2.69. The number of anilines is 1. The molecule has 0 aliphatic carbocycles. The van der Waals surface area contributed by atoms with Gasteiger partial charge in [0.25, 0.3) is 5.56 Å². The lowest BCUT2D eigenvalue weighted by molar-refractivity contribution is 0.618. The summed E-state index contributed by atoms with van der Waals surface area (Å²) in [6.45, 7) is 3.55. The Morgan fingerprint density at radius 2 is 2.04 bits per heavy atom. The zero-order chi connectivity index (χ0) is 20.3. The topological polar surface area (TPSA) is 93.9 Å². The Kier molecular flexibility index (Phi) is 5.66. The molecule has 0 fully saturated rings. The van der Waals surface area contributed by atoms with Crippen LogP contribution in [0.15, 0.2) is 50.8 Å². The first-order valence-electron chi connectivity index (χ1n) is 8.26. The van der Waals surface area contributed by atoms with Crippen molar-refractivity contribution in [3.05, 3.63) is 79.3 Å². The van der Waals surface area contributed by atoms with Crippen LogP contribution in [0.2, 0.25) is 0 Å². The quantitative estimate of drug-likeness (QED) is 0.468. The Bertz CT molecular complexity index is 1170. The van der Waals surface area contributed by atoms with Crippen molar-refractivity contribution in [2.45, 2.75) is 13.8 Å². The Hall–Kier alpha value is -3.31. The molecule has 2 aromatic carbocycles. The predicted molar refractivity (Wildman–Crippen MR) is 110 cm³/mol. The first kappa shape index (κ1) is 19.5. The lowest BCUT2D eigenvalue weighted by Gasteiger charge is -2.09. The maximum absolute atomic E-state index is 13.7. The lowest BCUT2D eigenvalue weighted by Crippen LogP contribution is -2.16. The lowest BCUT2D eigenvalue weighted by atomic mass is 10.0. The van der Waals surface area contributed by atoms with E-state index in [1.54, 1.807) is 38.1 Å². The van der Waals surface area contributed by atoms with E-state index in [-0.39, 0.29) is 23.0 Å². The van der Waals surface area contributed by atoms with Crippen molar-refractivity contribution in [3.63, 3.8) is 0 Å². The van der Waals surface area contributed by atoms with Crippen LogP contribution in [0.3, 0.4) is 0 Å². The molecule has 0 bridgehead atoms. The summed E-state index contributed by atoms with van der Waals surface area (Å²) in [5, 5.41) is 13.4. The highest BCUT2D eigenvalue weighted by Crippen LogP contribution is 2.25. The molecule has 0 aliphatic rings. The molecule has 140 valence electrons. The molecule has 1 heterocycles. The summed E-state index contributed by atoms with van der Waals surface area (Å²) in [5.74, 6) is -0.249. The minimum absolute atomic E-state index is 0.0742. The smallest absolute Gasteiger partial charge is 0.270 e. The summed E-state index contributed by atoms with van der Waals surface area (Å²) < 4.78 is 14.1. The second-order valence-electron chi connectivity index (χ2n) is 6.01. The predicted octanol–water partition coefficient (Wildman–Crippen LogP) is 4.27. The van der Waals surface area contributed by atoms with E-state index in [1.807, 2.05) is 12.1 Å². The van der Waals surface area contributed by atoms with Gasteiger partial charge in [0.2, 0.25) is 5.95 Å². The molecule has 0 amide bonds. The van der Waals surface area contributed by atoms with Crippen molar-refractivity contribution >= 4 is 28.1 Å². The monoisotopic (exact) mass is 439 g/mol. The molecule has 0 atom stereocenters. The largest absolute Gasteiger partial charge is 0.290 e. The van der Waals surface area contributed by atoms with E-state index >= 15 is 0 Å². The number of hydrogen-bond acceptors (Lipinski definition) is 5. The van der Waals surface area contributed by atoms with Crippen LogP contribution in [-0.4, -0.2) is 16.2 Å². The van der Waals surface area contributed by atoms with Crippen molar-refractivity contribution in [2.24, 2.45) is 5.10 Å². The number of nitrogens with zero attached hydrogens (tertiary/aromatic N) is 3. The Labute approximate surface area is 168 Å². The summed E-state index contributed by atoms with van der Waals surface area (Å²) >= 11 is 3.21. The van der Waals surface area contributed by atoms with Crippen LogP contribution in [0.4, 0.5) is 10.3 Å². The third kappa shape index (κ3) is 3.85. The van der Waals surface area contributed by atoms with Crippen LogP contribution in [0.5, 0.6) is 0 Å². The van der Waals surface area contributed by atoms with Crippen LogP contribution in [-0.2, 0) is 0 Å². The third-order valence-corrected chi connectivity index (χ3v) is 5.13. The van der Waals surface area contributed by atoms with Gasteiger partial charge in [0, 0.05) is 11.1 Å². The number of benzene rings is 2. The van der Waals surface area contributed by atoms with E-state index in [0.29, 0.717) is 15.6 Å². The van der Waals surface area contributed by atoms with Crippen LogP contribution >= 0.6 is 15.9 Å². The fourth-order valence-electron chi connectivity index (χ4n) is 2.72. The van der Waals surface area contributed by atoms with Gasteiger partial charge in [0.05, 0.1) is 16.4 Å².